The Morgan fingerprint density at radius 1 is 1.33 bits per heavy atom. The molecule has 0 spiro atoms. The average Bonchev–Trinajstić information content (AvgIpc) is 2.74. The third kappa shape index (κ3) is 1.90. The fourth-order valence-corrected chi connectivity index (χ4v) is 1.23. The lowest BCUT2D eigenvalue weighted by Crippen LogP contribution is -2.00. The van der Waals surface area contributed by atoms with Crippen LogP contribution in [-0.2, 0) is 0 Å². The van der Waals surface area contributed by atoms with Crippen molar-refractivity contribution in [1.29, 1.82) is 0 Å². The monoisotopic (exact) mass is 204 g/mol. The second-order valence-corrected chi connectivity index (χ2v) is 2.91. The van der Waals surface area contributed by atoms with Gasteiger partial charge in [-0.3, -0.25) is 4.99 Å². The van der Waals surface area contributed by atoms with Gasteiger partial charge in [-0.25, -0.2) is 4.39 Å². The molecule has 0 saturated carbocycles. The Morgan fingerprint density at radius 3 is 2.67 bits per heavy atom. The summed E-state index contributed by atoms with van der Waals surface area (Å²) in [6.07, 6.45) is 4.55. The number of hydrogen-bond donors (Lipinski definition) is 0. The predicted molar refractivity (Wildman–Crippen MR) is 54.8 cm³/mol. The molecule has 15 heavy (non-hydrogen) atoms. The van der Waals surface area contributed by atoms with Crippen molar-refractivity contribution in [2.24, 2.45) is 4.99 Å². The summed E-state index contributed by atoms with van der Waals surface area (Å²) in [6.45, 7) is 0. The van der Waals surface area contributed by atoms with Crippen molar-refractivity contribution in [3.63, 3.8) is 0 Å². The molecule has 1 aromatic carbocycles. The highest BCUT2D eigenvalue weighted by molar-refractivity contribution is 5.80. The largest absolute Gasteiger partial charge is 0.296 e. The van der Waals surface area contributed by atoms with Crippen molar-refractivity contribution in [3.8, 4) is 5.69 Å². The minimum atomic E-state index is -0.338. The fraction of sp³-hybridized carbons (Fsp3) is 0.100. The maximum absolute atomic E-state index is 13.5. The first-order valence-corrected chi connectivity index (χ1v) is 4.39. The van der Waals surface area contributed by atoms with Gasteiger partial charge in [0.2, 0.25) is 0 Å². The molecule has 0 amide bonds. The molecule has 0 unspecified atom stereocenters. The van der Waals surface area contributed by atoms with Crippen LogP contribution in [0.1, 0.15) is 5.56 Å². The smallest absolute Gasteiger partial charge is 0.134 e. The van der Waals surface area contributed by atoms with E-state index in [0.717, 1.165) is 0 Å². The normalized spacial score (nSPS) is 11.1. The van der Waals surface area contributed by atoms with Gasteiger partial charge >= 0.3 is 0 Å². The fourth-order valence-electron chi connectivity index (χ4n) is 1.23. The molecule has 0 atom stereocenters. The summed E-state index contributed by atoms with van der Waals surface area (Å²) in [5.74, 6) is -0.338. The summed E-state index contributed by atoms with van der Waals surface area (Å²) in [5, 5.41) is 7.82. The van der Waals surface area contributed by atoms with Gasteiger partial charge in [0.1, 0.15) is 5.82 Å². The number of rotatable bonds is 2. The highest BCUT2D eigenvalue weighted by Crippen LogP contribution is 2.10. The first kappa shape index (κ1) is 9.51. The number of halogens is 1. The molecule has 4 nitrogen and oxygen atoms in total. The van der Waals surface area contributed by atoms with Gasteiger partial charge in [-0.2, -0.15) is 15.0 Å². The molecule has 5 heteroatoms. The van der Waals surface area contributed by atoms with E-state index in [4.69, 9.17) is 0 Å². The van der Waals surface area contributed by atoms with Gasteiger partial charge in [-0.05, 0) is 12.1 Å². The summed E-state index contributed by atoms with van der Waals surface area (Å²) < 4.78 is 13.5. The first-order chi connectivity index (χ1) is 7.31. The van der Waals surface area contributed by atoms with E-state index >= 15 is 0 Å². The maximum atomic E-state index is 13.5. The van der Waals surface area contributed by atoms with Crippen LogP contribution in [0, 0.1) is 5.82 Å². The summed E-state index contributed by atoms with van der Waals surface area (Å²) in [6, 6.07) is 4.75. The zero-order chi connectivity index (χ0) is 10.7. The third-order valence-electron chi connectivity index (χ3n) is 1.90. The molecular formula is C10H9FN4. The molecule has 2 aromatic rings. The Hall–Kier alpha value is -2.04. The summed E-state index contributed by atoms with van der Waals surface area (Å²) in [5.41, 5.74) is 1.04. The number of benzene rings is 1. The maximum Gasteiger partial charge on any atom is 0.134 e. The third-order valence-corrected chi connectivity index (χ3v) is 1.90. The minimum Gasteiger partial charge on any atom is -0.296 e. The SMILES string of the molecule is CN=Cc1ccc(-n2nccn2)cc1F. The van der Waals surface area contributed by atoms with Crippen molar-refractivity contribution in [2.45, 2.75) is 0 Å². The van der Waals surface area contributed by atoms with Crippen LogP contribution in [0.4, 0.5) is 4.39 Å². The van der Waals surface area contributed by atoms with Crippen molar-refractivity contribution >= 4 is 6.21 Å². The number of nitrogens with zero attached hydrogens (tertiary/aromatic N) is 4. The zero-order valence-electron chi connectivity index (χ0n) is 8.13. The van der Waals surface area contributed by atoms with Crippen LogP contribution >= 0.6 is 0 Å². The van der Waals surface area contributed by atoms with Gasteiger partial charge in [0.05, 0.1) is 18.1 Å². The van der Waals surface area contributed by atoms with Crippen LogP contribution in [0.15, 0.2) is 35.6 Å². The molecule has 0 aliphatic rings. The Balaban J connectivity index is 2.42. The Morgan fingerprint density at radius 2 is 2.07 bits per heavy atom. The predicted octanol–water partition coefficient (Wildman–Crippen LogP) is 1.46. The lowest BCUT2D eigenvalue weighted by molar-refractivity contribution is 0.620. The van der Waals surface area contributed by atoms with E-state index in [9.17, 15) is 4.39 Å². The molecule has 1 aromatic heterocycles. The molecule has 0 N–H and O–H groups in total. The van der Waals surface area contributed by atoms with E-state index in [-0.39, 0.29) is 5.82 Å². The molecule has 76 valence electrons. The molecule has 0 radical (unpaired) electrons. The number of aromatic nitrogens is 3. The standard InChI is InChI=1S/C10H9FN4/c1-12-7-8-2-3-9(6-10(8)11)15-13-4-5-14-15/h2-7H,1H3. The van der Waals surface area contributed by atoms with Gasteiger partial charge in [-0.1, -0.05) is 0 Å². The van der Waals surface area contributed by atoms with Crippen LogP contribution < -0.4 is 0 Å². The molecular weight excluding hydrogens is 195 g/mol. The molecule has 0 saturated heterocycles. The highest BCUT2D eigenvalue weighted by Gasteiger charge is 2.03. The highest BCUT2D eigenvalue weighted by atomic mass is 19.1. The van der Waals surface area contributed by atoms with Crippen LogP contribution in [0.2, 0.25) is 0 Å². The van der Waals surface area contributed by atoms with Crippen molar-refractivity contribution in [3.05, 3.63) is 42.0 Å². The van der Waals surface area contributed by atoms with E-state index in [1.165, 1.54) is 17.1 Å². The van der Waals surface area contributed by atoms with E-state index in [2.05, 4.69) is 15.2 Å². The van der Waals surface area contributed by atoms with Crippen molar-refractivity contribution < 1.29 is 4.39 Å². The first-order valence-electron chi connectivity index (χ1n) is 4.39. The zero-order valence-corrected chi connectivity index (χ0v) is 8.13. The molecule has 0 fully saturated rings. The Kier molecular flexibility index (Phi) is 2.53. The molecule has 0 aliphatic carbocycles. The van der Waals surface area contributed by atoms with Gasteiger partial charge in [0.15, 0.2) is 0 Å². The molecule has 0 aliphatic heterocycles. The lowest BCUT2D eigenvalue weighted by atomic mass is 10.2. The molecule has 2 rings (SSSR count). The topological polar surface area (TPSA) is 43.1 Å². The minimum absolute atomic E-state index is 0.338. The summed E-state index contributed by atoms with van der Waals surface area (Å²) >= 11 is 0. The average molecular weight is 204 g/mol. The van der Waals surface area contributed by atoms with Crippen LogP contribution in [0.5, 0.6) is 0 Å². The van der Waals surface area contributed by atoms with Gasteiger partial charge in [0.25, 0.3) is 0 Å². The van der Waals surface area contributed by atoms with Crippen LogP contribution in [0.3, 0.4) is 0 Å². The van der Waals surface area contributed by atoms with E-state index < -0.39 is 0 Å². The quantitative estimate of drug-likeness (QED) is 0.695. The van der Waals surface area contributed by atoms with Crippen molar-refractivity contribution in [2.75, 3.05) is 7.05 Å². The van der Waals surface area contributed by atoms with Crippen LogP contribution in [0.25, 0.3) is 5.69 Å². The van der Waals surface area contributed by atoms with Crippen molar-refractivity contribution in [1.82, 2.24) is 15.0 Å². The molecule has 1 heterocycles. The van der Waals surface area contributed by atoms with E-state index in [1.807, 2.05) is 0 Å². The van der Waals surface area contributed by atoms with Crippen LogP contribution in [-0.4, -0.2) is 28.3 Å². The number of aliphatic imine (C=N–C) groups is 1. The van der Waals surface area contributed by atoms with E-state index in [0.29, 0.717) is 11.3 Å². The molecule has 0 bridgehead atoms. The Bertz CT molecular complexity index is 476. The summed E-state index contributed by atoms with van der Waals surface area (Å²) in [4.78, 5) is 5.11. The Labute approximate surface area is 86.1 Å². The van der Waals surface area contributed by atoms with Gasteiger partial charge in [-0.15, -0.1) is 0 Å². The second kappa shape index (κ2) is 4.00. The van der Waals surface area contributed by atoms with Gasteiger partial charge in [0, 0.05) is 24.9 Å². The number of hydrogen-bond acceptors (Lipinski definition) is 3. The second-order valence-electron chi connectivity index (χ2n) is 2.91. The summed E-state index contributed by atoms with van der Waals surface area (Å²) in [7, 11) is 1.60. The van der Waals surface area contributed by atoms with Gasteiger partial charge < -0.3 is 0 Å². The lowest BCUT2D eigenvalue weighted by Gasteiger charge is -2.01. The van der Waals surface area contributed by atoms with E-state index in [1.54, 1.807) is 31.6 Å².